The van der Waals surface area contributed by atoms with Crippen LogP contribution in [0.1, 0.15) is 113 Å². The van der Waals surface area contributed by atoms with Crippen LogP contribution in [0.3, 0.4) is 0 Å². The van der Waals surface area contributed by atoms with E-state index in [1.165, 1.54) is 17.7 Å². The monoisotopic (exact) mass is 768 g/mol. The minimum Gasteiger partial charge on any atom is -0.396 e. The number of benzene rings is 1. The fourth-order valence-corrected chi connectivity index (χ4v) is 15.0. The van der Waals surface area contributed by atoms with E-state index >= 15 is 0 Å². The van der Waals surface area contributed by atoms with Gasteiger partial charge in [0.2, 0.25) is 0 Å². The quantitative estimate of drug-likeness (QED) is 0.129. The van der Waals surface area contributed by atoms with Crippen molar-refractivity contribution in [3.63, 3.8) is 0 Å². The van der Waals surface area contributed by atoms with Crippen molar-refractivity contribution >= 4 is 23.0 Å². The van der Waals surface area contributed by atoms with Gasteiger partial charge in [-0.15, -0.1) is 0 Å². The molecule has 1 aromatic carbocycles. The highest BCUT2D eigenvalue weighted by atomic mass is 32.1. The summed E-state index contributed by atoms with van der Waals surface area (Å²) in [7, 11) is 0. The molecule has 6 fully saturated rings. The van der Waals surface area contributed by atoms with Crippen LogP contribution in [-0.4, -0.2) is 73.5 Å². The molecule has 10 heteroatoms. The second kappa shape index (κ2) is 12.7. The van der Waals surface area contributed by atoms with E-state index in [1.807, 2.05) is 0 Å². The van der Waals surface area contributed by atoms with Gasteiger partial charge in [-0.1, -0.05) is 60.1 Å². The molecule has 5 saturated carbocycles. The maximum Gasteiger partial charge on any atom is 0.181 e. The lowest BCUT2D eigenvalue weighted by Crippen LogP contribution is -2.71. The van der Waals surface area contributed by atoms with Crippen molar-refractivity contribution in [1.82, 2.24) is 5.32 Å². The molecule has 7 unspecified atom stereocenters. The molecule has 0 spiro atoms. The smallest absolute Gasteiger partial charge is 0.181 e. The first kappa shape index (κ1) is 39.2. The topological polar surface area (TPSA) is 134 Å². The van der Waals surface area contributed by atoms with Gasteiger partial charge in [-0.3, -0.25) is 0 Å². The SMILES string of the molecule is CC1(C)CC[C@]2([C@H](O)[C@H]3OC4(O)C(CO)[C@H](O)C(O)C34)CC[C@]3(C)C(=CCC4[C@@]5(C)CC[C@H](NC(=S)Nc6ccc(F)cc6)C(C)(C)C5CC[C@]43C)C2C1. The zero-order valence-electron chi connectivity index (χ0n) is 33.4. The number of allylic oxidation sites excluding steroid dienone is 2. The van der Waals surface area contributed by atoms with Crippen LogP contribution in [0.4, 0.5) is 10.1 Å². The molecule has 1 aromatic rings. The normalized spacial score (nSPS) is 49.1. The highest BCUT2D eigenvalue weighted by molar-refractivity contribution is 7.80. The van der Waals surface area contributed by atoms with Gasteiger partial charge in [0.15, 0.2) is 10.9 Å². The fourth-order valence-electron chi connectivity index (χ4n) is 14.8. The van der Waals surface area contributed by atoms with Crippen LogP contribution < -0.4 is 10.6 Å². The summed E-state index contributed by atoms with van der Waals surface area (Å²) in [5.41, 5.74) is 2.07. The van der Waals surface area contributed by atoms with Crippen LogP contribution in [0.25, 0.3) is 0 Å². The van der Waals surface area contributed by atoms with Crippen molar-refractivity contribution in [2.45, 2.75) is 149 Å². The first-order chi connectivity index (χ1) is 25.2. The highest BCUT2D eigenvalue weighted by Crippen LogP contribution is 2.76. The van der Waals surface area contributed by atoms with E-state index in [2.05, 4.69) is 65.2 Å². The Morgan fingerprint density at radius 1 is 0.926 bits per heavy atom. The summed E-state index contributed by atoms with van der Waals surface area (Å²) in [6.45, 7) is 16.8. The number of hydrogen-bond acceptors (Lipinski definition) is 7. The molecular formula is C44H65FN2O6S. The van der Waals surface area contributed by atoms with Crippen LogP contribution >= 0.6 is 12.2 Å². The summed E-state index contributed by atoms with van der Waals surface area (Å²) in [4.78, 5) is 0. The summed E-state index contributed by atoms with van der Waals surface area (Å²) in [5, 5.41) is 63.2. The number of anilines is 1. The predicted octanol–water partition coefficient (Wildman–Crippen LogP) is 6.69. The summed E-state index contributed by atoms with van der Waals surface area (Å²) < 4.78 is 19.6. The van der Waals surface area contributed by atoms with E-state index in [0.717, 1.165) is 69.9 Å². The Morgan fingerprint density at radius 2 is 1.61 bits per heavy atom. The van der Waals surface area contributed by atoms with Gasteiger partial charge in [-0.25, -0.2) is 4.39 Å². The molecule has 6 aliphatic carbocycles. The van der Waals surface area contributed by atoms with E-state index in [4.69, 9.17) is 17.0 Å². The van der Waals surface area contributed by atoms with Crippen molar-refractivity contribution in [2.75, 3.05) is 11.9 Å². The van der Waals surface area contributed by atoms with Crippen molar-refractivity contribution in [3.8, 4) is 0 Å². The van der Waals surface area contributed by atoms with Gasteiger partial charge in [0.05, 0.1) is 42.9 Å². The van der Waals surface area contributed by atoms with Crippen LogP contribution in [0.5, 0.6) is 0 Å². The predicted molar refractivity (Wildman–Crippen MR) is 210 cm³/mol. The fraction of sp³-hybridized carbons (Fsp3) is 0.795. The molecule has 1 aliphatic heterocycles. The summed E-state index contributed by atoms with van der Waals surface area (Å²) in [5.74, 6) is -2.82. The van der Waals surface area contributed by atoms with Crippen molar-refractivity contribution in [2.24, 2.45) is 62.1 Å². The number of halogens is 1. The van der Waals surface area contributed by atoms with E-state index in [1.54, 1.807) is 12.1 Å². The van der Waals surface area contributed by atoms with E-state index in [0.29, 0.717) is 16.9 Å². The lowest BCUT2D eigenvalue weighted by atomic mass is 9.33. The molecule has 8 rings (SSSR count). The van der Waals surface area contributed by atoms with E-state index in [9.17, 15) is 29.9 Å². The number of hydrogen-bond donors (Lipinski definition) is 7. The lowest BCUT2D eigenvalue weighted by molar-refractivity contribution is -0.404. The van der Waals surface area contributed by atoms with Gasteiger partial charge in [-0.05, 0) is 146 Å². The molecule has 0 radical (unpaired) electrons. The maximum atomic E-state index is 13.5. The van der Waals surface area contributed by atoms with Crippen LogP contribution in [0.15, 0.2) is 35.9 Å². The molecular weight excluding hydrogens is 704 g/mol. The maximum absolute atomic E-state index is 13.5. The molecule has 7 N–H and O–H groups in total. The van der Waals surface area contributed by atoms with Gasteiger partial charge < -0.3 is 40.9 Å². The van der Waals surface area contributed by atoms with Gasteiger partial charge in [0.1, 0.15) is 5.82 Å². The first-order valence-electron chi connectivity index (χ1n) is 20.8. The molecule has 8 nitrogen and oxygen atoms in total. The second-order valence-electron chi connectivity index (χ2n) is 21.0. The molecule has 54 heavy (non-hydrogen) atoms. The Hall–Kier alpha value is -1.66. The Labute approximate surface area is 326 Å². The largest absolute Gasteiger partial charge is 0.396 e. The zero-order chi connectivity index (χ0) is 39.0. The summed E-state index contributed by atoms with van der Waals surface area (Å²) >= 11 is 5.79. The molecule has 1 saturated heterocycles. The Morgan fingerprint density at radius 3 is 2.30 bits per heavy atom. The first-order valence-corrected chi connectivity index (χ1v) is 21.2. The van der Waals surface area contributed by atoms with Gasteiger partial charge in [0.25, 0.3) is 0 Å². The Kier molecular flexibility index (Phi) is 9.19. The Balaban J connectivity index is 1.07. The molecule has 15 atom stereocenters. The number of rotatable bonds is 5. The summed E-state index contributed by atoms with van der Waals surface area (Å²) in [6, 6.07) is 6.52. The third-order valence-corrected chi connectivity index (χ3v) is 18.3. The van der Waals surface area contributed by atoms with Crippen molar-refractivity contribution in [3.05, 3.63) is 41.7 Å². The van der Waals surface area contributed by atoms with Gasteiger partial charge >= 0.3 is 0 Å². The molecule has 7 aliphatic rings. The number of aliphatic hydroxyl groups excluding tert-OH is 4. The number of nitrogens with one attached hydrogen (secondary N) is 2. The van der Waals surface area contributed by atoms with Crippen LogP contribution in [-0.2, 0) is 4.74 Å². The number of ether oxygens (including phenoxy) is 1. The third kappa shape index (κ3) is 5.28. The standard InChI is InChI=1S/C44H65FN2O6S/c1-38(2)18-20-43(36(51)35-32-34(50)33(49)28(23-48)44(32,52)53-35)21-19-41(6)26(27(43)22-38)12-13-30-40(5)16-15-31(39(3,4)29(40)14-17-42(30,41)7)47-37(54)46-25-10-8-24(45)9-11-25/h8-12,27-36,48-52H,13-23H2,1-7H3,(H2,46,47,54)/t27?,28?,29?,30?,31-,32?,33-,34?,35-,36+,40-,41+,42+,43-,44?/m0/s1. The molecule has 1 heterocycles. The second-order valence-corrected chi connectivity index (χ2v) is 21.4. The van der Waals surface area contributed by atoms with Crippen LogP contribution in [0.2, 0.25) is 0 Å². The zero-order valence-corrected chi connectivity index (χ0v) is 34.2. The lowest BCUT2D eigenvalue weighted by Gasteiger charge is -2.72. The highest BCUT2D eigenvalue weighted by Gasteiger charge is 2.75. The minimum atomic E-state index is -1.84. The average molecular weight is 769 g/mol. The minimum absolute atomic E-state index is 0.00883. The Bertz CT molecular complexity index is 1690. The molecule has 0 aromatic heterocycles. The van der Waals surface area contributed by atoms with E-state index in [-0.39, 0.29) is 44.9 Å². The molecule has 0 bridgehead atoms. The number of aliphatic hydroxyl groups is 5. The van der Waals surface area contributed by atoms with E-state index < -0.39 is 54.1 Å². The number of thiocarbonyl (C=S) groups is 1. The summed E-state index contributed by atoms with van der Waals surface area (Å²) in [6.07, 6.45) is 8.30. The van der Waals surface area contributed by atoms with Gasteiger partial charge in [0, 0.05) is 17.1 Å². The number of fused-ring (bicyclic) bond motifs is 8. The molecule has 300 valence electrons. The van der Waals surface area contributed by atoms with Gasteiger partial charge in [-0.2, -0.15) is 0 Å². The van der Waals surface area contributed by atoms with Crippen molar-refractivity contribution in [1.29, 1.82) is 0 Å². The van der Waals surface area contributed by atoms with Crippen molar-refractivity contribution < 1.29 is 34.7 Å². The third-order valence-electron chi connectivity index (χ3n) is 18.1. The average Bonchev–Trinajstić information content (AvgIpc) is 3.23. The van der Waals surface area contributed by atoms with Crippen LogP contribution in [0, 0.1) is 67.9 Å². The molecule has 0 amide bonds.